The number of fused-ring (bicyclic) bond motifs is 1. The molecule has 26 heavy (non-hydrogen) atoms. The van der Waals surface area contributed by atoms with Crippen molar-refractivity contribution in [2.75, 3.05) is 49.1 Å². The Balaban J connectivity index is 1.29. The second-order valence-electron chi connectivity index (χ2n) is 6.89. The summed E-state index contributed by atoms with van der Waals surface area (Å²) in [5.41, 5.74) is 2.71. The summed E-state index contributed by atoms with van der Waals surface area (Å²) in [6.45, 7) is 4.92. The van der Waals surface area contributed by atoms with Crippen LogP contribution in [0.15, 0.2) is 42.7 Å². The molecule has 0 spiro atoms. The maximum atomic E-state index is 12.6. The lowest BCUT2D eigenvalue weighted by Gasteiger charge is -2.36. The minimum atomic E-state index is 0.252. The normalized spacial score (nSPS) is 17.2. The fraction of sp³-hybridized carbons (Fsp3) is 0.450. The maximum absolute atomic E-state index is 12.6. The van der Waals surface area contributed by atoms with Crippen molar-refractivity contribution < 1.29 is 4.79 Å². The molecule has 1 fully saturated rings. The van der Waals surface area contributed by atoms with Crippen LogP contribution < -0.4 is 9.80 Å². The lowest BCUT2D eigenvalue weighted by Crippen LogP contribution is -2.49. The van der Waals surface area contributed by atoms with Crippen LogP contribution in [-0.4, -0.2) is 60.0 Å². The highest BCUT2D eigenvalue weighted by Crippen LogP contribution is 2.26. The molecule has 0 atom stereocenters. The van der Waals surface area contributed by atoms with Gasteiger partial charge in [0.25, 0.3) is 0 Å². The van der Waals surface area contributed by atoms with Gasteiger partial charge < -0.3 is 14.7 Å². The molecule has 0 saturated carbocycles. The van der Waals surface area contributed by atoms with Crippen molar-refractivity contribution in [3.8, 4) is 0 Å². The molecule has 3 heterocycles. The lowest BCUT2D eigenvalue weighted by atomic mass is 10.0. The number of rotatable bonds is 4. The van der Waals surface area contributed by atoms with Crippen LogP contribution in [-0.2, 0) is 11.2 Å². The Labute approximate surface area is 154 Å². The number of aromatic nitrogens is 2. The molecule has 2 aliphatic rings. The number of carbonyl (C=O) groups excluding carboxylic acids is 1. The number of amides is 1. The summed E-state index contributed by atoms with van der Waals surface area (Å²) in [4.78, 5) is 27.7. The highest BCUT2D eigenvalue weighted by atomic mass is 16.2. The fourth-order valence-corrected chi connectivity index (χ4v) is 3.84. The van der Waals surface area contributed by atoms with E-state index < -0.39 is 0 Å². The molecule has 6 nitrogen and oxygen atoms in total. The predicted octanol–water partition coefficient (Wildman–Crippen LogP) is 1.97. The Kier molecular flexibility index (Phi) is 5.00. The van der Waals surface area contributed by atoms with Gasteiger partial charge in [-0.25, -0.2) is 9.97 Å². The molecule has 2 aliphatic heterocycles. The van der Waals surface area contributed by atoms with Crippen LogP contribution in [0.3, 0.4) is 0 Å². The average Bonchev–Trinajstić information content (AvgIpc) is 2.73. The Bertz CT molecular complexity index is 743. The molecule has 0 aliphatic carbocycles. The minimum absolute atomic E-state index is 0.252. The van der Waals surface area contributed by atoms with Crippen molar-refractivity contribution in [3.05, 3.63) is 48.3 Å². The van der Waals surface area contributed by atoms with Gasteiger partial charge in [0.1, 0.15) is 0 Å². The SMILES string of the molecule is O=C(CCN1CCCc2ccccc21)N1CCN(c2ncccn2)CC1. The summed E-state index contributed by atoms with van der Waals surface area (Å²) in [6.07, 6.45) is 6.41. The molecular formula is C20H25N5O. The molecule has 0 bridgehead atoms. The second-order valence-corrected chi connectivity index (χ2v) is 6.89. The third kappa shape index (κ3) is 3.64. The number of para-hydroxylation sites is 1. The van der Waals surface area contributed by atoms with Gasteiger partial charge in [-0.15, -0.1) is 0 Å². The molecule has 0 N–H and O–H groups in total. The average molecular weight is 351 g/mol. The summed E-state index contributed by atoms with van der Waals surface area (Å²) in [5, 5.41) is 0. The van der Waals surface area contributed by atoms with Gasteiger partial charge in [0, 0.05) is 63.8 Å². The van der Waals surface area contributed by atoms with Crippen molar-refractivity contribution in [3.63, 3.8) is 0 Å². The molecule has 1 aromatic heterocycles. The predicted molar refractivity (Wildman–Crippen MR) is 102 cm³/mol. The van der Waals surface area contributed by atoms with Crippen LogP contribution >= 0.6 is 0 Å². The molecule has 1 aromatic carbocycles. The van der Waals surface area contributed by atoms with Crippen molar-refractivity contribution in [2.45, 2.75) is 19.3 Å². The molecule has 0 unspecified atom stereocenters. The molecule has 1 amide bonds. The van der Waals surface area contributed by atoms with Crippen LogP contribution in [0, 0.1) is 0 Å². The van der Waals surface area contributed by atoms with Crippen LogP contribution in [0.1, 0.15) is 18.4 Å². The van der Waals surface area contributed by atoms with Gasteiger partial charge in [0.05, 0.1) is 0 Å². The largest absolute Gasteiger partial charge is 0.371 e. The first-order valence-corrected chi connectivity index (χ1v) is 9.44. The first-order valence-electron chi connectivity index (χ1n) is 9.44. The number of piperazine rings is 1. The van der Waals surface area contributed by atoms with Gasteiger partial charge in [-0.2, -0.15) is 0 Å². The fourth-order valence-electron chi connectivity index (χ4n) is 3.84. The van der Waals surface area contributed by atoms with Crippen LogP contribution in [0.4, 0.5) is 11.6 Å². The highest BCUT2D eigenvalue weighted by Gasteiger charge is 2.23. The van der Waals surface area contributed by atoms with Gasteiger partial charge in [0.15, 0.2) is 0 Å². The van der Waals surface area contributed by atoms with Crippen LogP contribution in [0.5, 0.6) is 0 Å². The topological polar surface area (TPSA) is 52.6 Å². The molecule has 1 saturated heterocycles. The Morgan fingerprint density at radius 3 is 2.54 bits per heavy atom. The summed E-state index contributed by atoms with van der Waals surface area (Å²) in [5.74, 6) is 1.01. The van der Waals surface area contributed by atoms with E-state index in [2.05, 4.69) is 44.0 Å². The Hall–Kier alpha value is -2.63. The van der Waals surface area contributed by atoms with Crippen molar-refractivity contribution in [1.29, 1.82) is 0 Å². The zero-order valence-corrected chi connectivity index (χ0v) is 15.0. The van der Waals surface area contributed by atoms with E-state index in [0.717, 1.165) is 51.6 Å². The number of anilines is 2. The molecular weight excluding hydrogens is 326 g/mol. The number of benzene rings is 1. The lowest BCUT2D eigenvalue weighted by molar-refractivity contribution is -0.131. The Morgan fingerprint density at radius 1 is 0.962 bits per heavy atom. The highest BCUT2D eigenvalue weighted by molar-refractivity contribution is 5.77. The van der Waals surface area contributed by atoms with Crippen molar-refractivity contribution in [1.82, 2.24) is 14.9 Å². The third-order valence-corrected chi connectivity index (χ3v) is 5.27. The first-order chi connectivity index (χ1) is 12.8. The maximum Gasteiger partial charge on any atom is 0.225 e. The van der Waals surface area contributed by atoms with Crippen LogP contribution in [0.2, 0.25) is 0 Å². The molecule has 2 aromatic rings. The van der Waals surface area contributed by atoms with Crippen molar-refractivity contribution >= 4 is 17.5 Å². The van der Waals surface area contributed by atoms with Crippen LogP contribution in [0.25, 0.3) is 0 Å². The van der Waals surface area contributed by atoms with Crippen molar-refractivity contribution in [2.24, 2.45) is 0 Å². The zero-order valence-electron chi connectivity index (χ0n) is 15.0. The summed E-state index contributed by atoms with van der Waals surface area (Å²) in [6, 6.07) is 10.4. The standard InChI is InChI=1S/C20H25N5O/c26-19(8-12-23-11-3-6-17-5-1-2-7-18(17)23)24-13-15-25(16-14-24)20-21-9-4-10-22-20/h1-2,4-5,7,9-10H,3,6,8,11-16H2. The second kappa shape index (κ2) is 7.72. The van der Waals surface area contributed by atoms with E-state index in [1.165, 1.54) is 17.7 Å². The monoisotopic (exact) mass is 351 g/mol. The van der Waals surface area contributed by atoms with E-state index in [0.29, 0.717) is 6.42 Å². The van der Waals surface area contributed by atoms with Gasteiger partial charge in [-0.05, 0) is 30.5 Å². The zero-order chi connectivity index (χ0) is 17.8. The number of hydrogen-bond donors (Lipinski definition) is 0. The molecule has 4 rings (SSSR count). The summed E-state index contributed by atoms with van der Waals surface area (Å²) in [7, 11) is 0. The van der Waals surface area contributed by atoms with Gasteiger partial charge in [-0.3, -0.25) is 4.79 Å². The molecule has 136 valence electrons. The first kappa shape index (κ1) is 16.8. The van der Waals surface area contributed by atoms with E-state index >= 15 is 0 Å². The number of hydrogen-bond acceptors (Lipinski definition) is 5. The number of aryl methyl sites for hydroxylation is 1. The minimum Gasteiger partial charge on any atom is -0.371 e. The van der Waals surface area contributed by atoms with E-state index in [-0.39, 0.29) is 5.91 Å². The number of carbonyl (C=O) groups is 1. The molecule has 0 radical (unpaired) electrons. The van der Waals surface area contributed by atoms with Gasteiger partial charge >= 0.3 is 0 Å². The summed E-state index contributed by atoms with van der Waals surface area (Å²) >= 11 is 0. The van der Waals surface area contributed by atoms with E-state index in [9.17, 15) is 4.79 Å². The summed E-state index contributed by atoms with van der Waals surface area (Å²) < 4.78 is 0. The molecule has 6 heteroatoms. The quantitative estimate of drug-likeness (QED) is 0.843. The van der Waals surface area contributed by atoms with Gasteiger partial charge in [-0.1, -0.05) is 18.2 Å². The van der Waals surface area contributed by atoms with Gasteiger partial charge in [0.2, 0.25) is 11.9 Å². The van der Waals surface area contributed by atoms with E-state index in [1.807, 2.05) is 11.0 Å². The van der Waals surface area contributed by atoms with E-state index in [4.69, 9.17) is 0 Å². The Morgan fingerprint density at radius 2 is 1.73 bits per heavy atom. The van der Waals surface area contributed by atoms with E-state index in [1.54, 1.807) is 12.4 Å². The smallest absolute Gasteiger partial charge is 0.225 e. The third-order valence-electron chi connectivity index (χ3n) is 5.27. The number of nitrogens with zero attached hydrogens (tertiary/aromatic N) is 5.